The van der Waals surface area contributed by atoms with Crippen molar-refractivity contribution in [2.75, 3.05) is 4.90 Å². The zero-order valence-corrected chi connectivity index (χ0v) is 13.7. The Bertz CT molecular complexity index is 616. The van der Waals surface area contributed by atoms with Crippen LogP contribution in [0.4, 0.5) is 5.69 Å². The third kappa shape index (κ3) is 2.52. The summed E-state index contributed by atoms with van der Waals surface area (Å²) >= 11 is 3.50. The number of hydrogen-bond donors (Lipinski definition) is 2. The van der Waals surface area contributed by atoms with E-state index >= 15 is 0 Å². The van der Waals surface area contributed by atoms with Crippen LogP contribution < -0.4 is 16.4 Å². The molecule has 0 unspecified atom stereocenters. The van der Waals surface area contributed by atoms with Gasteiger partial charge in [-0.3, -0.25) is 4.90 Å². The van der Waals surface area contributed by atoms with Crippen LogP contribution in [0.15, 0.2) is 32.7 Å². The summed E-state index contributed by atoms with van der Waals surface area (Å²) in [5.41, 5.74) is 13.9. The first kappa shape index (κ1) is 14.4. The molecule has 1 aromatic carbocycles. The molecule has 1 spiro atoms. The fourth-order valence-electron chi connectivity index (χ4n) is 3.34. The van der Waals surface area contributed by atoms with Gasteiger partial charge in [0.1, 0.15) is 5.66 Å². The molecule has 0 saturated heterocycles. The lowest BCUT2D eigenvalue weighted by Crippen LogP contribution is -2.58. The van der Waals surface area contributed by atoms with Crippen LogP contribution in [-0.2, 0) is 0 Å². The van der Waals surface area contributed by atoms with E-state index in [4.69, 9.17) is 11.5 Å². The average molecular weight is 350 g/mol. The molecular formula is C15H20BrN5. The van der Waals surface area contributed by atoms with E-state index in [1.165, 1.54) is 6.42 Å². The number of aryl methyl sites for hydroxylation is 1. The first-order chi connectivity index (χ1) is 10.0. The Morgan fingerprint density at radius 3 is 2.57 bits per heavy atom. The van der Waals surface area contributed by atoms with E-state index in [1.54, 1.807) is 0 Å². The Morgan fingerprint density at radius 2 is 1.90 bits per heavy atom. The lowest BCUT2D eigenvalue weighted by Gasteiger charge is -2.46. The van der Waals surface area contributed by atoms with E-state index in [2.05, 4.69) is 49.9 Å². The molecule has 6 heteroatoms. The SMILES string of the molecule is Cc1cc(Br)ccc1N1C(N)=NC(N)=NC12CCCCC2. The van der Waals surface area contributed by atoms with Crippen molar-refractivity contribution in [2.45, 2.75) is 44.7 Å². The molecule has 112 valence electrons. The second-order valence-corrected chi connectivity index (χ2v) is 6.67. The van der Waals surface area contributed by atoms with Gasteiger partial charge in [0.15, 0.2) is 0 Å². The van der Waals surface area contributed by atoms with Gasteiger partial charge in [-0.15, -0.1) is 0 Å². The third-order valence-electron chi connectivity index (χ3n) is 4.25. The summed E-state index contributed by atoms with van der Waals surface area (Å²) in [5, 5.41) is 0. The first-order valence-electron chi connectivity index (χ1n) is 7.28. The molecular weight excluding hydrogens is 330 g/mol. The zero-order chi connectivity index (χ0) is 15.0. The van der Waals surface area contributed by atoms with Crippen molar-refractivity contribution in [3.63, 3.8) is 0 Å². The molecule has 4 N–H and O–H groups in total. The Morgan fingerprint density at radius 1 is 1.19 bits per heavy atom. The van der Waals surface area contributed by atoms with Crippen molar-refractivity contribution < 1.29 is 0 Å². The molecule has 1 heterocycles. The summed E-state index contributed by atoms with van der Waals surface area (Å²) in [6, 6.07) is 6.17. The minimum absolute atomic E-state index is 0.292. The van der Waals surface area contributed by atoms with Gasteiger partial charge in [-0.05, 0) is 56.4 Å². The summed E-state index contributed by atoms with van der Waals surface area (Å²) in [6.07, 6.45) is 5.42. The van der Waals surface area contributed by atoms with Crippen molar-refractivity contribution in [3.8, 4) is 0 Å². The summed E-state index contributed by atoms with van der Waals surface area (Å²) in [5.74, 6) is 0.732. The van der Waals surface area contributed by atoms with Crippen LogP contribution in [0.1, 0.15) is 37.7 Å². The van der Waals surface area contributed by atoms with Crippen LogP contribution in [0.25, 0.3) is 0 Å². The molecule has 1 saturated carbocycles. The second kappa shape index (κ2) is 5.33. The number of benzene rings is 1. The van der Waals surface area contributed by atoms with Gasteiger partial charge in [0.25, 0.3) is 0 Å². The van der Waals surface area contributed by atoms with E-state index in [1.807, 2.05) is 6.07 Å². The smallest absolute Gasteiger partial charge is 0.220 e. The minimum Gasteiger partial charge on any atom is -0.369 e. The van der Waals surface area contributed by atoms with E-state index < -0.39 is 0 Å². The molecule has 3 rings (SSSR count). The molecule has 1 fully saturated rings. The lowest BCUT2D eigenvalue weighted by atomic mass is 9.87. The number of halogens is 1. The fourth-order valence-corrected chi connectivity index (χ4v) is 3.82. The van der Waals surface area contributed by atoms with Crippen LogP contribution in [0, 0.1) is 6.92 Å². The second-order valence-electron chi connectivity index (χ2n) is 5.75. The molecule has 21 heavy (non-hydrogen) atoms. The van der Waals surface area contributed by atoms with Crippen LogP contribution in [0.3, 0.4) is 0 Å². The molecule has 0 aromatic heterocycles. The van der Waals surface area contributed by atoms with Crippen molar-refractivity contribution in [2.24, 2.45) is 21.5 Å². The monoisotopic (exact) mass is 349 g/mol. The highest BCUT2D eigenvalue weighted by molar-refractivity contribution is 9.10. The van der Waals surface area contributed by atoms with E-state index in [0.717, 1.165) is 41.4 Å². The molecule has 1 aliphatic carbocycles. The predicted molar refractivity (Wildman–Crippen MR) is 90.4 cm³/mol. The summed E-state index contributed by atoms with van der Waals surface area (Å²) in [4.78, 5) is 10.9. The van der Waals surface area contributed by atoms with Gasteiger partial charge in [-0.2, -0.15) is 4.99 Å². The summed E-state index contributed by atoms with van der Waals surface area (Å²) < 4.78 is 1.05. The van der Waals surface area contributed by atoms with E-state index in [9.17, 15) is 0 Å². The van der Waals surface area contributed by atoms with Crippen LogP contribution >= 0.6 is 15.9 Å². The van der Waals surface area contributed by atoms with E-state index in [0.29, 0.717) is 11.9 Å². The summed E-state index contributed by atoms with van der Waals surface area (Å²) in [6.45, 7) is 2.07. The van der Waals surface area contributed by atoms with Crippen molar-refractivity contribution in [1.29, 1.82) is 0 Å². The molecule has 1 aliphatic heterocycles. The molecule has 0 atom stereocenters. The van der Waals surface area contributed by atoms with Gasteiger partial charge < -0.3 is 11.5 Å². The van der Waals surface area contributed by atoms with Gasteiger partial charge in [0.2, 0.25) is 11.9 Å². The highest BCUT2D eigenvalue weighted by Gasteiger charge is 2.42. The Hall–Kier alpha value is -1.56. The number of rotatable bonds is 1. The first-order valence-corrected chi connectivity index (χ1v) is 8.07. The maximum absolute atomic E-state index is 6.22. The quantitative estimate of drug-likeness (QED) is 0.817. The van der Waals surface area contributed by atoms with Crippen LogP contribution in [-0.4, -0.2) is 17.6 Å². The van der Waals surface area contributed by atoms with E-state index in [-0.39, 0.29) is 5.66 Å². The molecule has 0 radical (unpaired) electrons. The third-order valence-corrected chi connectivity index (χ3v) is 4.74. The molecule has 1 aromatic rings. The Labute approximate surface area is 133 Å². The molecule has 2 aliphatic rings. The van der Waals surface area contributed by atoms with Crippen molar-refractivity contribution in [3.05, 3.63) is 28.2 Å². The zero-order valence-electron chi connectivity index (χ0n) is 12.1. The lowest BCUT2D eigenvalue weighted by molar-refractivity contribution is 0.305. The van der Waals surface area contributed by atoms with Gasteiger partial charge in [0, 0.05) is 10.2 Å². The van der Waals surface area contributed by atoms with Gasteiger partial charge in [-0.25, -0.2) is 4.99 Å². The molecule has 0 amide bonds. The van der Waals surface area contributed by atoms with Gasteiger partial charge in [-0.1, -0.05) is 22.4 Å². The van der Waals surface area contributed by atoms with Crippen molar-refractivity contribution in [1.82, 2.24) is 0 Å². The number of anilines is 1. The number of nitrogens with zero attached hydrogens (tertiary/aromatic N) is 3. The summed E-state index contributed by atoms with van der Waals surface area (Å²) in [7, 11) is 0. The van der Waals surface area contributed by atoms with Crippen molar-refractivity contribution >= 4 is 33.5 Å². The maximum atomic E-state index is 6.22. The number of guanidine groups is 2. The number of nitrogens with two attached hydrogens (primary N) is 2. The standard InChI is InChI=1S/C15H20BrN5/c1-10-9-11(16)5-6-12(10)21-14(18)19-13(17)20-15(21)7-3-2-4-8-15/h5-6,9H,2-4,7-8H2,1H3,(H4,17,18,19,20). The highest BCUT2D eigenvalue weighted by Crippen LogP contribution is 2.40. The van der Waals surface area contributed by atoms with Crippen LogP contribution in [0.5, 0.6) is 0 Å². The van der Waals surface area contributed by atoms with Crippen LogP contribution in [0.2, 0.25) is 0 Å². The normalized spacial score (nSPS) is 21.1. The molecule has 5 nitrogen and oxygen atoms in total. The average Bonchev–Trinajstić information content (AvgIpc) is 2.41. The largest absolute Gasteiger partial charge is 0.369 e. The fraction of sp³-hybridized carbons (Fsp3) is 0.467. The molecule has 0 bridgehead atoms. The Kier molecular flexibility index (Phi) is 3.65. The number of hydrogen-bond acceptors (Lipinski definition) is 5. The Balaban J connectivity index is 2.10. The highest BCUT2D eigenvalue weighted by atomic mass is 79.9. The minimum atomic E-state index is -0.368. The van der Waals surface area contributed by atoms with Gasteiger partial charge >= 0.3 is 0 Å². The number of aliphatic imine (C=N–C) groups is 2. The van der Waals surface area contributed by atoms with Gasteiger partial charge in [0.05, 0.1) is 0 Å². The topological polar surface area (TPSA) is 80.0 Å². The predicted octanol–water partition coefficient (Wildman–Crippen LogP) is 2.87. The maximum Gasteiger partial charge on any atom is 0.220 e.